The molecular weight excluding hydrogens is 310 g/mol. The highest BCUT2D eigenvalue weighted by Crippen LogP contribution is 2.34. The van der Waals surface area contributed by atoms with E-state index in [0.29, 0.717) is 5.92 Å². The Morgan fingerprint density at radius 3 is 2.47 bits per heavy atom. The van der Waals surface area contributed by atoms with E-state index in [2.05, 4.69) is 21.2 Å². The van der Waals surface area contributed by atoms with Crippen molar-refractivity contribution in [1.82, 2.24) is 5.32 Å². The van der Waals surface area contributed by atoms with Crippen LogP contribution in [0.2, 0.25) is 0 Å². The minimum absolute atomic E-state index is 0.0107. The van der Waals surface area contributed by atoms with Gasteiger partial charge < -0.3 is 10.4 Å². The molecule has 2 rings (SSSR count). The van der Waals surface area contributed by atoms with Crippen LogP contribution in [0.4, 0.5) is 0 Å². The van der Waals surface area contributed by atoms with Crippen molar-refractivity contribution in [2.45, 2.75) is 31.7 Å². The molecule has 1 aromatic carbocycles. The number of halogens is 1. The molecule has 1 fully saturated rings. The molecule has 1 aromatic rings. The zero-order valence-corrected chi connectivity index (χ0v) is 12.0. The summed E-state index contributed by atoms with van der Waals surface area (Å²) in [5.74, 6) is -0.633. The third-order valence-electron chi connectivity index (χ3n) is 3.21. The van der Waals surface area contributed by atoms with Crippen molar-refractivity contribution in [2.24, 2.45) is 5.92 Å². The highest BCUT2D eigenvalue weighted by atomic mass is 79.9. The van der Waals surface area contributed by atoms with Gasteiger partial charge in [0.25, 0.3) is 0 Å². The van der Waals surface area contributed by atoms with Gasteiger partial charge in [0.05, 0.1) is 12.8 Å². The largest absolute Gasteiger partial charge is 0.481 e. The third kappa shape index (κ3) is 4.67. The summed E-state index contributed by atoms with van der Waals surface area (Å²) < 4.78 is 0.971. The van der Waals surface area contributed by atoms with Crippen LogP contribution in [0.1, 0.15) is 24.8 Å². The lowest BCUT2D eigenvalue weighted by atomic mass is 10.1. The highest BCUT2D eigenvalue weighted by Gasteiger charge is 2.33. The molecule has 1 aliphatic carbocycles. The summed E-state index contributed by atoms with van der Waals surface area (Å²) in [4.78, 5) is 22.7. The van der Waals surface area contributed by atoms with Gasteiger partial charge in [0, 0.05) is 10.5 Å². The summed E-state index contributed by atoms with van der Waals surface area (Å²) in [7, 11) is 0. The van der Waals surface area contributed by atoms with Gasteiger partial charge in [-0.05, 0) is 36.5 Å². The number of benzene rings is 1. The lowest BCUT2D eigenvalue weighted by molar-refractivity contribution is -0.137. The molecule has 2 N–H and O–H groups in total. The van der Waals surface area contributed by atoms with Gasteiger partial charge in [-0.2, -0.15) is 0 Å². The monoisotopic (exact) mass is 325 g/mol. The fourth-order valence-electron chi connectivity index (χ4n) is 2.07. The van der Waals surface area contributed by atoms with Crippen molar-refractivity contribution < 1.29 is 14.7 Å². The lowest BCUT2D eigenvalue weighted by Gasteiger charge is -2.16. The maximum Gasteiger partial charge on any atom is 0.305 e. The molecule has 0 bridgehead atoms. The van der Waals surface area contributed by atoms with Crippen molar-refractivity contribution in [3.05, 3.63) is 34.3 Å². The summed E-state index contributed by atoms with van der Waals surface area (Å²) in [5, 5.41) is 11.7. The first kappa shape index (κ1) is 14.1. The summed E-state index contributed by atoms with van der Waals surface area (Å²) in [6, 6.07) is 7.32. The normalized spacial score (nSPS) is 15.8. The smallest absolute Gasteiger partial charge is 0.305 e. The van der Waals surface area contributed by atoms with E-state index in [4.69, 9.17) is 5.11 Å². The Labute approximate surface area is 120 Å². The number of hydrogen-bond donors (Lipinski definition) is 2. The second-order valence-corrected chi connectivity index (χ2v) is 5.83. The third-order valence-corrected chi connectivity index (χ3v) is 3.74. The van der Waals surface area contributed by atoms with Crippen LogP contribution >= 0.6 is 15.9 Å². The van der Waals surface area contributed by atoms with E-state index in [-0.39, 0.29) is 24.8 Å². The predicted molar refractivity (Wildman–Crippen MR) is 74.8 cm³/mol. The SMILES string of the molecule is O=C(O)CC(NC(=O)Cc1ccc(Br)cc1)C1CC1. The quantitative estimate of drug-likeness (QED) is 0.843. The van der Waals surface area contributed by atoms with Crippen LogP contribution in [-0.4, -0.2) is 23.0 Å². The maximum atomic E-state index is 11.9. The average Bonchev–Trinajstić information content (AvgIpc) is 3.14. The zero-order valence-electron chi connectivity index (χ0n) is 10.4. The lowest BCUT2D eigenvalue weighted by Crippen LogP contribution is -2.38. The number of amides is 1. The Kier molecular flexibility index (Phi) is 4.58. The number of nitrogens with one attached hydrogen (secondary N) is 1. The highest BCUT2D eigenvalue weighted by molar-refractivity contribution is 9.10. The van der Waals surface area contributed by atoms with E-state index in [1.54, 1.807) is 0 Å². The van der Waals surface area contributed by atoms with E-state index in [1.165, 1.54) is 0 Å². The van der Waals surface area contributed by atoms with Crippen LogP contribution in [0.25, 0.3) is 0 Å². The molecule has 0 saturated heterocycles. The molecule has 5 heteroatoms. The number of carbonyl (C=O) groups excluding carboxylic acids is 1. The molecule has 19 heavy (non-hydrogen) atoms. The molecule has 1 atom stereocenters. The number of carboxylic acids is 1. The number of carbonyl (C=O) groups is 2. The van der Waals surface area contributed by atoms with E-state index in [9.17, 15) is 9.59 Å². The van der Waals surface area contributed by atoms with Crippen molar-refractivity contribution in [3.63, 3.8) is 0 Å². The van der Waals surface area contributed by atoms with E-state index in [1.807, 2.05) is 24.3 Å². The molecule has 0 heterocycles. The molecule has 0 spiro atoms. The molecule has 1 unspecified atom stereocenters. The number of hydrogen-bond acceptors (Lipinski definition) is 2. The van der Waals surface area contributed by atoms with E-state index in [0.717, 1.165) is 22.9 Å². The van der Waals surface area contributed by atoms with Crippen molar-refractivity contribution in [2.75, 3.05) is 0 Å². The molecule has 1 saturated carbocycles. The van der Waals surface area contributed by atoms with Crippen LogP contribution in [0.15, 0.2) is 28.7 Å². The Balaban J connectivity index is 1.88. The van der Waals surface area contributed by atoms with Gasteiger partial charge in [-0.25, -0.2) is 0 Å². The molecule has 1 aliphatic rings. The fraction of sp³-hybridized carbons (Fsp3) is 0.429. The molecule has 0 aliphatic heterocycles. The van der Waals surface area contributed by atoms with Gasteiger partial charge in [-0.3, -0.25) is 9.59 Å². The molecule has 102 valence electrons. The summed E-state index contributed by atoms with van der Waals surface area (Å²) in [6.07, 6.45) is 2.32. The number of rotatable bonds is 6. The van der Waals surface area contributed by atoms with E-state index < -0.39 is 5.97 Å². The Bertz CT molecular complexity index is 468. The summed E-state index contributed by atoms with van der Waals surface area (Å²) in [5.41, 5.74) is 0.922. The van der Waals surface area contributed by atoms with Crippen molar-refractivity contribution >= 4 is 27.8 Å². The second kappa shape index (κ2) is 6.19. The maximum absolute atomic E-state index is 11.9. The topological polar surface area (TPSA) is 66.4 Å². The zero-order chi connectivity index (χ0) is 13.8. The second-order valence-electron chi connectivity index (χ2n) is 4.91. The first-order valence-electron chi connectivity index (χ1n) is 6.30. The number of carboxylic acid groups (broad SMARTS) is 1. The minimum atomic E-state index is -0.860. The van der Waals surface area contributed by atoms with Gasteiger partial charge in [-0.1, -0.05) is 28.1 Å². The minimum Gasteiger partial charge on any atom is -0.481 e. The van der Waals surface area contributed by atoms with Gasteiger partial charge in [0.1, 0.15) is 0 Å². The van der Waals surface area contributed by atoms with Crippen LogP contribution in [-0.2, 0) is 16.0 Å². The fourth-order valence-corrected chi connectivity index (χ4v) is 2.33. The predicted octanol–water partition coefficient (Wildman–Crippen LogP) is 2.36. The average molecular weight is 326 g/mol. The molecule has 4 nitrogen and oxygen atoms in total. The number of aliphatic carboxylic acids is 1. The summed E-state index contributed by atoms with van der Waals surface area (Å²) in [6.45, 7) is 0. The summed E-state index contributed by atoms with van der Waals surface area (Å²) >= 11 is 3.34. The van der Waals surface area contributed by atoms with Crippen LogP contribution in [0, 0.1) is 5.92 Å². The Morgan fingerprint density at radius 2 is 1.95 bits per heavy atom. The van der Waals surface area contributed by atoms with Crippen LogP contribution < -0.4 is 5.32 Å². The van der Waals surface area contributed by atoms with Crippen molar-refractivity contribution in [3.8, 4) is 0 Å². The van der Waals surface area contributed by atoms with Crippen molar-refractivity contribution in [1.29, 1.82) is 0 Å². The van der Waals surface area contributed by atoms with Crippen LogP contribution in [0.3, 0.4) is 0 Å². The molecular formula is C14H16BrNO3. The molecule has 0 radical (unpaired) electrons. The molecule has 1 amide bonds. The Morgan fingerprint density at radius 1 is 1.32 bits per heavy atom. The van der Waals surface area contributed by atoms with Gasteiger partial charge in [-0.15, -0.1) is 0 Å². The van der Waals surface area contributed by atoms with Gasteiger partial charge in [0.2, 0.25) is 5.91 Å². The van der Waals surface area contributed by atoms with Gasteiger partial charge in [0.15, 0.2) is 0 Å². The molecule has 0 aromatic heterocycles. The first-order chi connectivity index (χ1) is 9.04. The van der Waals surface area contributed by atoms with Gasteiger partial charge >= 0.3 is 5.97 Å². The van der Waals surface area contributed by atoms with E-state index >= 15 is 0 Å². The Hall–Kier alpha value is -1.36. The standard InChI is InChI=1S/C14H16BrNO3/c15-11-5-1-9(2-6-11)7-13(17)16-12(8-14(18)19)10-3-4-10/h1-2,5-6,10,12H,3-4,7-8H2,(H,16,17)(H,18,19). The first-order valence-corrected chi connectivity index (χ1v) is 7.09. The van der Waals surface area contributed by atoms with Crippen LogP contribution in [0.5, 0.6) is 0 Å².